The molecule has 1 saturated heterocycles. The standard InChI is InChI=1S/C26H44O6/c1-13(2)22(29)23(30)14(3)16-6-7-17-15-12-32-24(31)19-10-20(27)21(28)11-26(19,5)18(15)8-9-25(16,17)4/h13-23,27-30H,6-12H2,1-5H3/t14-,15-,16+,17-,18-,19+,20-,21+,22+,23-,25+,26+/m0/s1. The van der Waals surface area contributed by atoms with Gasteiger partial charge in [-0.25, -0.2) is 0 Å². The van der Waals surface area contributed by atoms with Crippen LogP contribution in [0.2, 0.25) is 0 Å². The van der Waals surface area contributed by atoms with Crippen LogP contribution in [0.15, 0.2) is 0 Å². The van der Waals surface area contributed by atoms with Crippen molar-refractivity contribution in [2.75, 3.05) is 6.61 Å². The van der Waals surface area contributed by atoms with Crippen LogP contribution in [0.5, 0.6) is 0 Å². The monoisotopic (exact) mass is 452 g/mol. The number of esters is 1. The Balaban J connectivity index is 1.60. The molecule has 184 valence electrons. The average molecular weight is 453 g/mol. The molecule has 0 radical (unpaired) electrons. The van der Waals surface area contributed by atoms with Crippen molar-refractivity contribution < 1.29 is 30.0 Å². The average Bonchev–Trinajstić information content (AvgIpc) is 3.04. The van der Waals surface area contributed by atoms with Crippen molar-refractivity contribution in [3.05, 3.63) is 0 Å². The van der Waals surface area contributed by atoms with Crippen LogP contribution < -0.4 is 0 Å². The molecule has 0 aromatic heterocycles. The lowest BCUT2D eigenvalue weighted by Gasteiger charge is -2.56. The Morgan fingerprint density at radius 1 is 0.938 bits per heavy atom. The molecule has 0 aromatic rings. The molecular weight excluding hydrogens is 408 g/mol. The molecule has 4 aliphatic rings. The van der Waals surface area contributed by atoms with Gasteiger partial charge in [0.2, 0.25) is 0 Å². The van der Waals surface area contributed by atoms with Crippen molar-refractivity contribution in [2.24, 2.45) is 52.3 Å². The summed E-state index contributed by atoms with van der Waals surface area (Å²) in [5.41, 5.74) is -0.330. The van der Waals surface area contributed by atoms with Gasteiger partial charge in [-0.2, -0.15) is 0 Å². The molecule has 32 heavy (non-hydrogen) atoms. The molecule has 0 spiro atoms. The molecule has 12 atom stereocenters. The van der Waals surface area contributed by atoms with Gasteiger partial charge in [-0.15, -0.1) is 0 Å². The lowest BCUT2D eigenvalue weighted by atomic mass is 9.48. The van der Waals surface area contributed by atoms with Gasteiger partial charge in [0, 0.05) is 0 Å². The van der Waals surface area contributed by atoms with Crippen molar-refractivity contribution in [3.8, 4) is 0 Å². The van der Waals surface area contributed by atoms with Gasteiger partial charge < -0.3 is 25.2 Å². The first kappa shape index (κ1) is 24.4. The lowest BCUT2D eigenvalue weighted by Crippen LogP contribution is -2.55. The van der Waals surface area contributed by atoms with Gasteiger partial charge in [-0.05, 0) is 84.9 Å². The Kier molecular flexibility index (Phi) is 6.50. The second-order valence-corrected chi connectivity index (χ2v) is 12.5. The summed E-state index contributed by atoms with van der Waals surface area (Å²) in [6, 6.07) is 0. The van der Waals surface area contributed by atoms with Gasteiger partial charge >= 0.3 is 5.97 Å². The summed E-state index contributed by atoms with van der Waals surface area (Å²) in [5.74, 6) is 0.663. The predicted molar refractivity (Wildman–Crippen MR) is 120 cm³/mol. The van der Waals surface area contributed by atoms with Crippen molar-refractivity contribution >= 4 is 5.97 Å². The second kappa shape index (κ2) is 8.51. The first-order chi connectivity index (χ1) is 14.9. The molecule has 0 unspecified atom stereocenters. The van der Waals surface area contributed by atoms with Crippen molar-refractivity contribution in [1.82, 2.24) is 0 Å². The lowest BCUT2D eigenvalue weighted by molar-refractivity contribution is -0.162. The van der Waals surface area contributed by atoms with Crippen LogP contribution >= 0.6 is 0 Å². The van der Waals surface area contributed by atoms with E-state index in [1.54, 1.807) is 0 Å². The molecule has 1 aliphatic heterocycles. The summed E-state index contributed by atoms with van der Waals surface area (Å²) in [4.78, 5) is 12.9. The van der Waals surface area contributed by atoms with E-state index in [0.29, 0.717) is 24.9 Å². The van der Waals surface area contributed by atoms with Crippen LogP contribution in [0.3, 0.4) is 0 Å². The minimum Gasteiger partial charge on any atom is -0.465 e. The topological polar surface area (TPSA) is 107 Å². The van der Waals surface area contributed by atoms with Crippen LogP contribution in [0, 0.1) is 52.3 Å². The fraction of sp³-hybridized carbons (Fsp3) is 0.962. The number of hydrogen-bond donors (Lipinski definition) is 4. The summed E-state index contributed by atoms with van der Waals surface area (Å²) in [6.07, 6.45) is 1.65. The second-order valence-electron chi connectivity index (χ2n) is 12.5. The number of rotatable bonds is 4. The summed E-state index contributed by atoms with van der Waals surface area (Å²) in [7, 11) is 0. The van der Waals surface area contributed by atoms with Gasteiger partial charge in [-0.3, -0.25) is 4.79 Å². The number of aliphatic hydroxyl groups excluding tert-OH is 4. The Morgan fingerprint density at radius 2 is 1.59 bits per heavy atom. The molecule has 1 heterocycles. The minimum absolute atomic E-state index is 0.00210. The molecular formula is C26H44O6. The van der Waals surface area contributed by atoms with Crippen LogP contribution in [0.4, 0.5) is 0 Å². The molecule has 0 bridgehead atoms. The number of hydrogen-bond acceptors (Lipinski definition) is 6. The quantitative estimate of drug-likeness (QED) is 0.489. The Hall–Kier alpha value is -0.690. The highest BCUT2D eigenvalue weighted by molar-refractivity contribution is 5.74. The van der Waals surface area contributed by atoms with Crippen LogP contribution in [0.25, 0.3) is 0 Å². The van der Waals surface area contributed by atoms with Gasteiger partial charge in [0.1, 0.15) is 0 Å². The van der Waals surface area contributed by atoms with E-state index in [0.717, 1.165) is 25.7 Å². The Bertz CT molecular complexity index is 710. The summed E-state index contributed by atoms with van der Waals surface area (Å²) in [5, 5.41) is 42.2. The molecule has 6 heteroatoms. The van der Waals surface area contributed by atoms with E-state index < -0.39 is 24.4 Å². The van der Waals surface area contributed by atoms with E-state index in [1.165, 1.54) is 0 Å². The molecule has 4 fully saturated rings. The molecule has 3 saturated carbocycles. The third-order valence-electron chi connectivity index (χ3n) is 10.6. The third kappa shape index (κ3) is 3.64. The van der Waals surface area contributed by atoms with Crippen LogP contribution in [-0.2, 0) is 9.53 Å². The summed E-state index contributed by atoms with van der Waals surface area (Å²) in [6.45, 7) is 10.9. The van der Waals surface area contributed by atoms with E-state index in [2.05, 4.69) is 20.8 Å². The fourth-order valence-corrected chi connectivity index (χ4v) is 8.64. The zero-order chi connectivity index (χ0) is 23.6. The van der Waals surface area contributed by atoms with Gasteiger partial charge in [-0.1, -0.05) is 34.6 Å². The van der Waals surface area contributed by atoms with Crippen LogP contribution in [0.1, 0.15) is 73.1 Å². The number of aliphatic hydroxyl groups is 4. The largest absolute Gasteiger partial charge is 0.465 e. The zero-order valence-electron chi connectivity index (χ0n) is 20.4. The van der Waals surface area contributed by atoms with Gasteiger partial charge in [0.25, 0.3) is 0 Å². The number of carbonyl (C=O) groups is 1. The minimum atomic E-state index is -0.864. The maximum Gasteiger partial charge on any atom is 0.309 e. The SMILES string of the molecule is CC(C)[C@@H](O)[C@@H](O)[C@@H](C)[C@H]1CC[C@H]2[C@@H]3COC(=O)[C@H]4C[C@H](O)[C@H](O)C[C@]4(C)[C@H]3CC[C@]12C. The highest BCUT2D eigenvalue weighted by Gasteiger charge is 2.63. The van der Waals surface area contributed by atoms with E-state index in [9.17, 15) is 25.2 Å². The zero-order valence-corrected chi connectivity index (χ0v) is 20.4. The number of ether oxygens (including phenoxy) is 1. The van der Waals surface area contributed by atoms with Gasteiger partial charge in [0.15, 0.2) is 0 Å². The highest BCUT2D eigenvalue weighted by Crippen LogP contribution is 2.66. The number of carbonyl (C=O) groups excluding carboxylic acids is 1. The van der Waals surface area contributed by atoms with Crippen molar-refractivity contribution in [1.29, 1.82) is 0 Å². The van der Waals surface area contributed by atoms with E-state index in [-0.39, 0.29) is 52.8 Å². The van der Waals surface area contributed by atoms with Crippen LogP contribution in [-0.4, -0.2) is 57.4 Å². The molecule has 4 rings (SSSR count). The van der Waals surface area contributed by atoms with E-state index in [1.807, 2.05) is 13.8 Å². The molecule has 3 aliphatic carbocycles. The Labute approximate surface area is 192 Å². The maximum absolute atomic E-state index is 12.9. The maximum atomic E-state index is 12.9. The number of fused-ring (bicyclic) bond motifs is 5. The predicted octanol–water partition coefficient (Wildman–Crippen LogP) is 2.75. The Morgan fingerprint density at radius 3 is 2.25 bits per heavy atom. The number of cyclic esters (lactones) is 1. The first-order valence-electron chi connectivity index (χ1n) is 12.8. The van der Waals surface area contributed by atoms with Crippen molar-refractivity contribution in [2.45, 2.75) is 97.6 Å². The van der Waals surface area contributed by atoms with E-state index in [4.69, 9.17) is 4.74 Å². The molecule has 0 amide bonds. The molecule has 6 nitrogen and oxygen atoms in total. The van der Waals surface area contributed by atoms with Gasteiger partial charge in [0.05, 0.1) is 36.9 Å². The van der Waals surface area contributed by atoms with E-state index >= 15 is 0 Å². The molecule has 0 aromatic carbocycles. The summed E-state index contributed by atoms with van der Waals surface area (Å²) >= 11 is 0. The smallest absolute Gasteiger partial charge is 0.309 e. The first-order valence-corrected chi connectivity index (χ1v) is 12.8. The summed E-state index contributed by atoms with van der Waals surface area (Å²) < 4.78 is 5.84. The highest BCUT2D eigenvalue weighted by atomic mass is 16.5. The third-order valence-corrected chi connectivity index (χ3v) is 10.6. The van der Waals surface area contributed by atoms with Crippen molar-refractivity contribution in [3.63, 3.8) is 0 Å². The normalized spacial score (nSPS) is 49.3. The molecule has 4 N–H and O–H groups in total. The fourth-order valence-electron chi connectivity index (χ4n) is 8.64.